The van der Waals surface area contributed by atoms with Crippen molar-refractivity contribution in [1.29, 1.82) is 5.26 Å². The van der Waals surface area contributed by atoms with Gasteiger partial charge in [-0.3, -0.25) is 4.79 Å². The SMILES string of the molecule is CCCCNc1nc(C#N)[nH]c1C(=O)NC. The number of unbranched alkanes of at least 4 members (excludes halogenated alkanes) is 1. The van der Waals surface area contributed by atoms with E-state index < -0.39 is 0 Å². The number of rotatable bonds is 5. The van der Waals surface area contributed by atoms with Crippen LogP contribution in [0.2, 0.25) is 0 Å². The average Bonchev–Trinajstić information content (AvgIpc) is 2.72. The monoisotopic (exact) mass is 221 g/mol. The molecule has 3 N–H and O–H groups in total. The van der Waals surface area contributed by atoms with Crippen LogP contribution in [0.25, 0.3) is 0 Å². The lowest BCUT2D eigenvalue weighted by molar-refractivity contribution is 0.0959. The second-order valence-corrected chi connectivity index (χ2v) is 3.28. The fraction of sp³-hybridized carbons (Fsp3) is 0.500. The number of aromatic amines is 1. The lowest BCUT2D eigenvalue weighted by Crippen LogP contribution is -2.20. The average molecular weight is 221 g/mol. The molecule has 0 saturated carbocycles. The molecule has 6 heteroatoms. The van der Waals surface area contributed by atoms with Crippen LogP contribution < -0.4 is 10.6 Å². The van der Waals surface area contributed by atoms with Crippen LogP contribution in [0.1, 0.15) is 36.1 Å². The van der Waals surface area contributed by atoms with E-state index >= 15 is 0 Å². The van der Waals surface area contributed by atoms with Crippen molar-refractivity contribution in [1.82, 2.24) is 15.3 Å². The summed E-state index contributed by atoms with van der Waals surface area (Å²) in [5.41, 5.74) is 0.301. The number of carbonyl (C=O) groups is 1. The lowest BCUT2D eigenvalue weighted by Gasteiger charge is -2.03. The molecule has 1 rings (SSSR count). The molecule has 0 unspecified atom stereocenters. The van der Waals surface area contributed by atoms with Gasteiger partial charge in [0.1, 0.15) is 11.8 Å². The van der Waals surface area contributed by atoms with Gasteiger partial charge >= 0.3 is 0 Å². The van der Waals surface area contributed by atoms with Gasteiger partial charge in [-0.15, -0.1) is 0 Å². The number of amides is 1. The summed E-state index contributed by atoms with van der Waals surface area (Å²) < 4.78 is 0. The molecule has 86 valence electrons. The molecule has 0 fully saturated rings. The van der Waals surface area contributed by atoms with Crippen molar-refractivity contribution in [2.24, 2.45) is 0 Å². The van der Waals surface area contributed by atoms with Crippen molar-refractivity contribution < 1.29 is 4.79 Å². The summed E-state index contributed by atoms with van der Waals surface area (Å²) in [5.74, 6) is 0.287. The van der Waals surface area contributed by atoms with Gasteiger partial charge in [0, 0.05) is 13.6 Å². The molecule has 0 atom stereocenters. The maximum Gasteiger partial charge on any atom is 0.271 e. The van der Waals surface area contributed by atoms with Crippen LogP contribution in [0.4, 0.5) is 5.82 Å². The molecule has 0 radical (unpaired) electrons. The third-order valence-corrected chi connectivity index (χ3v) is 2.09. The highest BCUT2D eigenvalue weighted by molar-refractivity contribution is 5.96. The zero-order valence-electron chi connectivity index (χ0n) is 9.42. The molecular weight excluding hydrogens is 206 g/mol. The van der Waals surface area contributed by atoms with Crippen LogP contribution in [-0.4, -0.2) is 29.5 Å². The largest absolute Gasteiger partial charge is 0.368 e. The highest BCUT2D eigenvalue weighted by Gasteiger charge is 2.15. The summed E-state index contributed by atoms with van der Waals surface area (Å²) >= 11 is 0. The summed E-state index contributed by atoms with van der Waals surface area (Å²) in [7, 11) is 1.53. The summed E-state index contributed by atoms with van der Waals surface area (Å²) in [6.45, 7) is 2.81. The van der Waals surface area contributed by atoms with Crippen LogP contribution in [0.3, 0.4) is 0 Å². The van der Waals surface area contributed by atoms with E-state index in [0.29, 0.717) is 11.5 Å². The third kappa shape index (κ3) is 2.73. The van der Waals surface area contributed by atoms with Crippen molar-refractivity contribution in [2.45, 2.75) is 19.8 Å². The minimum absolute atomic E-state index is 0.137. The van der Waals surface area contributed by atoms with Crippen molar-refractivity contribution in [3.63, 3.8) is 0 Å². The number of nitrogens with zero attached hydrogens (tertiary/aromatic N) is 2. The number of carbonyl (C=O) groups excluding carboxylic acids is 1. The lowest BCUT2D eigenvalue weighted by atomic mass is 10.3. The first-order valence-corrected chi connectivity index (χ1v) is 5.19. The van der Waals surface area contributed by atoms with Gasteiger partial charge in [0.15, 0.2) is 5.82 Å². The molecule has 0 aliphatic carbocycles. The zero-order valence-corrected chi connectivity index (χ0v) is 9.42. The maximum atomic E-state index is 11.5. The van der Waals surface area contributed by atoms with Gasteiger partial charge in [-0.25, -0.2) is 4.98 Å². The summed E-state index contributed by atoms with van der Waals surface area (Å²) in [5, 5.41) is 14.2. The Labute approximate surface area is 94.1 Å². The molecule has 0 aromatic carbocycles. The number of nitriles is 1. The molecule has 0 spiro atoms. The van der Waals surface area contributed by atoms with Crippen LogP contribution in [0.15, 0.2) is 0 Å². The first kappa shape index (κ1) is 12.0. The van der Waals surface area contributed by atoms with Gasteiger partial charge in [-0.05, 0) is 6.42 Å². The van der Waals surface area contributed by atoms with E-state index in [-0.39, 0.29) is 11.7 Å². The Morgan fingerprint density at radius 1 is 1.62 bits per heavy atom. The molecule has 1 amide bonds. The van der Waals surface area contributed by atoms with E-state index in [4.69, 9.17) is 5.26 Å². The number of aromatic nitrogens is 2. The van der Waals surface area contributed by atoms with Crippen molar-refractivity contribution in [3.05, 3.63) is 11.5 Å². The predicted octanol–water partition coefficient (Wildman–Crippen LogP) is 0.853. The molecule has 0 aliphatic rings. The quantitative estimate of drug-likeness (QED) is 0.642. The Balaban J connectivity index is 2.84. The predicted molar refractivity (Wildman–Crippen MR) is 60.1 cm³/mol. The van der Waals surface area contributed by atoms with Gasteiger partial charge in [0.2, 0.25) is 5.82 Å². The normalized spacial score (nSPS) is 9.56. The van der Waals surface area contributed by atoms with Crippen LogP contribution in [-0.2, 0) is 0 Å². The first-order chi connectivity index (χ1) is 7.72. The van der Waals surface area contributed by atoms with Crippen LogP contribution in [0, 0.1) is 11.3 Å². The Hall–Kier alpha value is -2.03. The highest BCUT2D eigenvalue weighted by atomic mass is 16.1. The minimum atomic E-state index is -0.284. The smallest absolute Gasteiger partial charge is 0.271 e. The number of anilines is 1. The van der Waals surface area contributed by atoms with Crippen molar-refractivity contribution in [3.8, 4) is 6.07 Å². The Kier molecular flexibility index (Phi) is 4.33. The molecule has 0 saturated heterocycles. The van der Waals surface area contributed by atoms with Crippen LogP contribution in [0.5, 0.6) is 0 Å². The molecule has 0 bridgehead atoms. The topological polar surface area (TPSA) is 93.6 Å². The summed E-state index contributed by atoms with van der Waals surface area (Å²) in [6.07, 6.45) is 2.04. The second-order valence-electron chi connectivity index (χ2n) is 3.28. The number of nitrogens with one attached hydrogen (secondary N) is 3. The molecule has 16 heavy (non-hydrogen) atoms. The second kappa shape index (κ2) is 5.75. The molecule has 0 aliphatic heterocycles. The maximum absolute atomic E-state index is 11.5. The van der Waals surface area contributed by atoms with E-state index in [1.54, 1.807) is 0 Å². The standard InChI is InChI=1S/C10H15N5O/c1-3-4-5-13-9-8(10(16)12-2)14-7(6-11)15-9/h13H,3-5H2,1-2H3,(H,12,16)(H,14,15). The Morgan fingerprint density at radius 2 is 2.38 bits per heavy atom. The summed E-state index contributed by atoms with van der Waals surface area (Å²) in [4.78, 5) is 18.1. The van der Waals surface area contributed by atoms with Crippen LogP contribution >= 0.6 is 0 Å². The zero-order chi connectivity index (χ0) is 12.0. The van der Waals surface area contributed by atoms with E-state index in [2.05, 4.69) is 27.5 Å². The van der Waals surface area contributed by atoms with Gasteiger partial charge in [0.05, 0.1) is 0 Å². The van der Waals surface area contributed by atoms with Crippen molar-refractivity contribution >= 4 is 11.7 Å². The number of hydrogen-bond donors (Lipinski definition) is 3. The van der Waals surface area contributed by atoms with E-state index in [0.717, 1.165) is 19.4 Å². The van der Waals surface area contributed by atoms with E-state index in [1.807, 2.05) is 6.07 Å². The number of imidazole rings is 1. The third-order valence-electron chi connectivity index (χ3n) is 2.09. The van der Waals surface area contributed by atoms with Gasteiger partial charge in [0.25, 0.3) is 5.91 Å². The molecule has 1 aromatic rings. The number of H-pyrrole nitrogens is 1. The van der Waals surface area contributed by atoms with Gasteiger partial charge in [-0.2, -0.15) is 5.26 Å². The van der Waals surface area contributed by atoms with E-state index in [9.17, 15) is 4.79 Å². The van der Waals surface area contributed by atoms with E-state index in [1.165, 1.54) is 7.05 Å². The highest BCUT2D eigenvalue weighted by Crippen LogP contribution is 2.12. The van der Waals surface area contributed by atoms with Gasteiger partial charge < -0.3 is 15.6 Å². The number of hydrogen-bond acceptors (Lipinski definition) is 4. The van der Waals surface area contributed by atoms with Gasteiger partial charge in [-0.1, -0.05) is 13.3 Å². The Bertz CT molecular complexity index is 404. The summed E-state index contributed by atoms with van der Waals surface area (Å²) in [6, 6.07) is 1.87. The molecule has 1 aromatic heterocycles. The minimum Gasteiger partial charge on any atom is -0.368 e. The fourth-order valence-corrected chi connectivity index (χ4v) is 1.23. The molecule has 1 heterocycles. The van der Waals surface area contributed by atoms with Crippen molar-refractivity contribution in [2.75, 3.05) is 18.9 Å². The molecular formula is C10H15N5O. The first-order valence-electron chi connectivity index (χ1n) is 5.19. The Morgan fingerprint density at radius 3 is 2.94 bits per heavy atom. The fourth-order valence-electron chi connectivity index (χ4n) is 1.23. The molecule has 6 nitrogen and oxygen atoms in total.